The Balaban J connectivity index is 2.23. The van der Waals surface area contributed by atoms with Crippen LogP contribution in [-0.2, 0) is 19.5 Å². The molecule has 9 heteroatoms. The van der Waals surface area contributed by atoms with Gasteiger partial charge in [-0.15, -0.1) is 0 Å². The summed E-state index contributed by atoms with van der Waals surface area (Å²) in [5, 5.41) is 2.47. The van der Waals surface area contributed by atoms with Gasteiger partial charge in [0, 0.05) is 26.7 Å². The summed E-state index contributed by atoms with van der Waals surface area (Å²) < 4.78 is 50.1. The van der Waals surface area contributed by atoms with Gasteiger partial charge in [0.05, 0.1) is 30.3 Å². The topological polar surface area (TPSA) is 84.9 Å². The lowest BCUT2D eigenvalue weighted by molar-refractivity contribution is 0.0730. The minimum absolute atomic E-state index is 0.113. The Bertz CT molecular complexity index is 659. The van der Waals surface area contributed by atoms with Crippen molar-refractivity contribution in [3.05, 3.63) is 29.6 Å². The van der Waals surface area contributed by atoms with Gasteiger partial charge >= 0.3 is 0 Å². The molecule has 0 spiro atoms. The van der Waals surface area contributed by atoms with E-state index < -0.39 is 21.7 Å². The predicted octanol–water partition coefficient (Wildman–Crippen LogP) is 0.223. The highest BCUT2D eigenvalue weighted by molar-refractivity contribution is 7.89. The number of hydrogen-bond donors (Lipinski definition) is 1. The molecule has 1 aliphatic rings. The minimum atomic E-state index is -3.78. The molecule has 0 atom stereocenters. The number of carbonyl (C=O) groups excluding carboxylic acids is 1. The van der Waals surface area contributed by atoms with Crippen LogP contribution < -0.4 is 5.32 Å². The first-order valence-corrected chi connectivity index (χ1v) is 8.55. The second kappa shape index (κ2) is 7.82. The fourth-order valence-corrected chi connectivity index (χ4v) is 3.57. The minimum Gasteiger partial charge on any atom is -0.383 e. The maximum atomic E-state index is 13.8. The largest absolute Gasteiger partial charge is 0.383 e. The van der Waals surface area contributed by atoms with Crippen molar-refractivity contribution in [3.8, 4) is 0 Å². The summed E-state index contributed by atoms with van der Waals surface area (Å²) in [5.41, 5.74) is -0.310. The molecule has 23 heavy (non-hydrogen) atoms. The quantitative estimate of drug-likeness (QED) is 0.745. The first-order chi connectivity index (χ1) is 11.0. The molecule has 7 nitrogen and oxygen atoms in total. The van der Waals surface area contributed by atoms with Gasteiger partial charge in [-0.05, 0) is 18.2 Å². The SMILES string of the molecule is COCCNC(=O)c1cc(S(=O)(=O)N2CCOCC2)ccc1F. The van der Waals surface area contributed by atoms with Crippen LogP contribution in [0, 0.1) is 5.82 Å². The van der Waals surface area contributed by atoms with Crippen molar-refractivity contribution in [3.63, 3.8) is 0 Å². The molecule has 1 amide bonds. The fourth-order valence-electron chi connectivity index (χ4n) is 2.14. The molecule has 1 fully saturated rings. The third kappa shape index (κ3) is 4.25. The fraction of sp³-hybridized carbons (Fsp3) is 0.500. The van der Waals surface area contributed by atoms with Crippen LogP contribution in [-0.4, -0.2) is 65.2 Å². The number of rotatable bonds is 6. The summed E-state index contributed by atoms with van der Waals surface area (Å²) in [7, 11) is -2.30. The Hall–Kier alpha value is -1.55. The Labute approximate surface area is 134 Å². The van der Waals surface area contributed by atoms with E-state index in [1.165, 1.54) is 11.4 Å². The molecule has 0 saturated carbocycles. The number of halogens is 1. The molecule has 0 aliphatic carbocycles. The number of sulfonamides is 1. The molecular formula is C14H19FN2O5S. The number of nitrogens with one attached hydrogen (secondary N) is 1. The van der Waals surface area contributed by atoms with Crippen LogP contribution in [0.5, 0.6) is 0 Å². The molecule has 1 heterocycles. The van der Waals surface area contributed by atoms with Gasteiger partial charge in [-0.25, -0.2) is 12.8 Å². The molecule has 0 bridgehead atoms. The zero-order valence-electron chi connectivity index (χ0n) is 12.7. The number of hydrogen-bond acceptors (Lipinski definition) is 5. The van der Waals surface area contributed by atoms with Gasteiger partial charge < -0.3 is 14.8 Å². The highest BCUT2D eigenvalue weighted by atomic mass is 32.2. The lowest BCUT2D eigenvalue weighted by Crippen LogP contribution is -2.40. The molecule has 0 aromatic heterocycles. The first kappa shape index (κ1) is 17.8. The molecule has 128 valence electrons. The zero-order chi connectivity index (χ0) is 16.9. The summed E-state index contributed by atoms with van der Waals surface area (Å²) in [4.78, 5) is 11.8. The van der Waals surface area contributed by atoms with Gasteiger partial charge in [0.2, 0.25) is 10.0 Å². The normalized spacial score (nSPS) is 16.3. The number of carbonyl (C=O) groups is 1. The second-order valence-corrected chi connectivity index (χ2v) is 6.84. The maximum Gasteiger partial charge on any atom is 0.254 e. The van der Waals surface area contributed by atoms with Crippen LogP contribution in [0.4, 0.5) is 4.39 Å². The Morgan fingerprint density at radius 3 is 2.74 bits per heavy atom. The molecule has 0 radical (unpaired) electrons. The van der Waals surface area contributed by atoms with Gasteiger partial charge in [-0.1, -0.05) is 0 Å². The lowest BCUT2D eigenvalue weighted by Gasteiger charge is -2.26. The summed E-state index contributed by atoms with van der Waals surface area (Å²) in [5.74, 6) is -1.46. The van der Waals surface area contributed by atoms with E-state index in [0.29, 0.717) is 13.2 Å². The molecule has 2 rings (SSSR count). The molecule has 1 N–H and O–H groups in total. The van der Waals surface area contributed by atoms with E-state index >= 15 is 0 Å². The number of amides is 1. The van der Waals surface area contributed by atoms with Crippen LogP contribution >= 0.6 is 0 Å². The van der Waals surface area contributed by atoms with E-state index in [4.69, 9.17) is 9.47 Å². The van der Waals surface area contributed by atoms with Crippen LogP contribution in [0.3, 0.4) is 0 Å². The number of methoxy groups -OCH3 is 1. The van der Waals surface area contributed by atoms with E-state index in [-0.39, 0.29) is 36.7 Å². The van der Waals surface area contributed by atoms with Crippen molar-refractivity contribution < 1.29 is 27.1 Å². The predicted molar refractivity (Wildman–Crippen MR) is 80.2 cm³/mol. The van der Waals surface area contributed by atoms with Crippen molar-refractivity contribution >= 4 is 15.9 Å². The van der Waals surface area contributed by atoms with Crippen molar-refractivity contribution in [2.45, 2.75) is 4.90 Å². The Kier molecular flexibility index (Phi) is 6.05. The molecule has 0 unspecified atom stereocenters. The standard InChI is InChI=1S/C14H19FN2O5S/c1-21-7-4-16-14(18)12-10-11(2-3-13(12)15)23(19,20)17-5-8-22-9-6-17/h2-3,10H,4-9H2,1H3,(H,16,18). The lowest BCUT2D eigenvalue weighted by atomic mass is 10.2. The van der Waals surface area contributed by atoms with Gasteiger partial charge in [-0.2, -0.15) is 4.31 Å². The number of nitrogens with zero attached hydrogens (tertiary/aromatic N) is 1. The summed E-state index contributed by atoms with van der Waals surface area (Å²) in [6, 6.07) is 3.20. The maximum absolute atomic E-state index is 13.8. The van der Waals surface area contributed by atoms with E-state index in [2.05, 4.69) is 5.32 Å². The van der Waals surface area contributed by atoms with Crippen LogP contribution in [0.25, 0.3) is 0 Å². The first-order valence-electron chi connectivity index (χ1n) is 7.11. The number of morpholine rings is 1. The van der Waals surface area contributed by atoms with E-state index in [1.54, 1.807) is 0 Å². The van der Waals surface area contributed by atoms with Gasteiger partial charge in [0.1, 0.15) is 5.82 Å². The molecule has 1 aliphatic heterocycles. The summed E-state index contributed by atoms with van der Waals surface area (Å²) in [6.07, 6.45) is 0. The average Bonchev–Trinajstić information content (AvgIpc) is 2.56. The third-order valence-electron chi connectivity index (χ3n) is 3.38. The van der Waals surface area contributed by atoms with Crippen molar-refractivity contribution in [1.82, 2.24) is 9.62 Å². The van der Waals surface area contributed by atoms with Crippen LogP contribution in [0.1, 0.15) is 10.4 Å². The molecule has 1 aromatic rings. The van der Waals surface area contributed by atoms with Crippen LogP contribution in [0.15, 0.2) is 23.1 Å². The van der Waals surface area contributed by atoms with Gasteiger partial charge in [-0.3, -0.25) is 4.79 Å². The average molecular weight is 346 g/mol. The molecule has 1 saturated heterocycles. The summed E-state index contributed by atoms with van der Waals surface area (Å²) >= 11 is 0. The van der Waals surface area contributed by atoms with Gasteiger partial charge in [0.25, 0.3) is 5.91 Å². The van der Waals surface area contributed by atoms with Crippen molar-refractivity contribution in [2.24, 2.45) is 0 Å². The van der Waals surface area contributed by atoms with Gasteiger partial charge in [0.15, 0.2) is 0 Å². The highest BCUT2D eigenvalue weighted by Crippen LogP contribution is 2.20. The zero-order valence-corrected chi connectivity index (χ0v) is 13.6. The monoisotopic (exact) mass is 346 g/mol. The van der Waals surface area contributed by atoms with Crippen molar-refractivity contribution in [1.29, 1.82) is 0 Å². The van der Waals surface area contributed by atoms with E-state index in [9.17, 15) is 17.6 Å². The third-order valence-corrected chi connectivity index (χ3v) is 5.28. The number of ether oxygens (including phenoxy) is 2. The van der Waals surface area contributed by atoms with E-state index in [0.717, 1.165) is 18.2 Å². The Morgan fingerprint density at radius 2 is 2.09 bits per heavy atom. The molecule has 1 aromatic carbocycles. The Morgan fingerprint density at radius 1 is 1.39 bits per heavy atom. The second-order valence-electron chi connectivity index (χ2n) is 4.91. The summed E-state index contributed by atoms with van der Waals surface area (Å²) in [6.45, 7) is 1.56. The van der Waals surface area contributed by atoms with Crippen LogP contribution in [0.2, 0.25) is 0 Å². The van der Waals surface area contributed by atoms with Crippen molar-refractivity contribution in [2.75, 3.05) is 46.6 Å². The smallest absolute Gasteiger partial charge is 0.254 e. The number of benzene rings is 1. The van der Waals surface area contributed by atoms with E-state index in [1.807, 2.05) is 0 Å². The molecular weight excluding hydrogens is 327 g/mol. The highest BCUT2D eigenvalue weighted by Gasteiger charge is 2.27.